The van der Waals surface area contributed by atoms with Gasteiger partial charge in [0.2, 0.25) is 0 Å². The van der Waals surface area contributed by atoms with Gasteiger partial charge in [0.05, 0.1) is 11.8 Å². The molecular formula is C6H10N4O2. The fourth-order valence-corrected chi connectivity index (χ4v) is 0.879. The average Bonchev–Trinajstić information content (AvgIpc) is 2.34. The second-order valence-electron chi connectivity index (χ2n) is 2.68. The number of nitro groups is 1. The van der Waals surface area contributed by atoms with Crippen molar-refractivity contribution >= 4 is 5.82 Å². The van der Waals surface area contributed by atoms with Gasteiger partial charge >= 0.3 is 5.82 Å². The Labute approximate surface area is 68.9 Å². The Bertz CT molecular complexity index is 281. The molecule has 0 aliphatic heterocycles. The lowest BCUT2D eigenvalue weighted by Crippen LogP contribution is -2.17. The maximum atomic E-state index is 10.2. The van der Waals surface area contributed by atoms with E-state index in [1.54, 1.807) is 0 Å². The van der Waals surface area contributed by atoms with E-state index in [1.807, 2.05) is 6.92 Å². The molecule has 6 nitrogen and oxygen atoms in total. The van der Waals surface area contributed by atoms with Gasteiger partial charge in [0.25, 0.3) is 0 Å². The van der Waals surface area contributed by atoms with Crippen molar-refractivity contribution in [2.24, 2.45) is 5.73 Å². The van der Waals surface area contributed by atoms with E-state index in [1.165, 1.54) is 6.07 Å². The molecule has 0 aliphatic rings. The largest absolute Gasteiger partial charge is 0.358 e. The van der Waals surface area contributed by atoms with Crippen molar-refractivity contribution in [3.63, 3.8) is 0 Å². The van der Waals surface area contributed by atoms with Gasteiger partial charge in [0, 0.05) is 12.5 Å². The monoisotopic (exact) mass is 170 g/mol. The van der Waals surface area contributed by atoms with Gasteiger partial charge in [-0.1, -0.05) is 5.10 Å². The van der Waals surface area contributed by atoms with Crippen LogP contribution in [0.15, 0.2) is 6.07 Å². The smallest absolute Gasteiger partial charge is 0.342 e. The van der Waals surface area contributed by atoms with E-state index in [4.69, 9.17) is 5.73 Å². The predicted molar refractivity (Wildman–Crippen MR) is 42.6 cm³/mol. The third kappa shape index (κ3) is 2.03. The molecule has 1 aromatic heterocycles. The van der Waals surface area contributed by atoms with Crippen LogP contribution < -0.4 is 5.73 Å². The molecule has 1 aromatic rings. The Morgan fingerprint density at radius 3 is 3.00 bits per heavy atom. The van der Waals surface area contributed by atoms with Gasteiger partial charge in [-0.3, -0.25) is 0 Å². The molecule has 0 unspecified atom stereocenters. The molecule has 0 bridgehead atoms. The van der Waals surface area contributed by atoms with Crippen LogP contribution in [0.3, 0.4) is 0 Å². The molecule has 6 heteroatoms. The van der Waals surface area contributed by atoms with Crippen molar-refractivity contribution in [3.05, 3.63) is 21.9 Å². The normalized spacial score (nSPS) is 12.8. The summed E-state index contributed by atoms with van der Waals surface area (Å²) in [6.07, 6.45) is 0.546. The number of nitrogens with two attached hydrogens (primary N) is 1. The number of H-pyrrole nitrogens is 1. The number of aromatic nitrogens is 2. The van der Waals surface area contributed by atoms with E-state index < -0.39 is 4.92 Å². The molecule has 12 heavy (non-hydrogen) atoms. The first kappa shape index (κ1) is 8.66. The number of hydrogen-bond acceptors (Lipinski definition) is 4. The lowest BCUT2D eigenvalue weighted by atomic mass is 10.2. The highest BCUT2D eigenvalue weighted by Gasteiger charge is 2.10. The van der Waals surface area contributed by atoms with E-state index in [9.17, 15) is 10.1 Å². The first-order valence-electron chi connectivity index (χ1n) is 3.54. The fraction of sp³-hybridized carbons (Fsp3) is 0.500. The minimum Gasteiger partial charge on any atom is -0.358 e. The van der Waals surface area contributed by atoms with Gasteiger partial charge in [-0.05, 0) is 11.8 Å². The molecule has 3 N–H and O–H groups in total. The Balaban J connectivity index is 2.71. The number of rotatable bonds is 3. The van der Waals surface area contributed by atoms with E-state index in [0.29, 0.717) is 12.1 Å². The van der Waals surface area contributed by atoms with Crippen LogP contribution in [0.1, 0.15) is 12.6 Å². The maximum absolute atomic E-state index is 10.2. The average molecular weight is 170 g/mol. The summed E-state index contributed by atoms with van der Waals surface area (Å²) in [6, 6.07) is 1.36. The fourth-order valence-electron chi connectivity index (χ4n) is 0.879. The lowest BCUT2D eigenvalue weighted by molar-refractivity contribution is -0.389. The van der Waals surface area contributed by atoms with E-state index in [-0.39, 0.29) is 11.9 Å². The van der Waals surface area contributed by atoms with Crippen LogP contribution in [-0.2, 0) is 6.42 Å². The topological polar surface area (TPSA) is 97.8 Å². The summed E-state index contributed by atoms with van der Waals surface area (Å²) in [5, 5.41) is 16.2. The van der Waals surface area contributed by atoms with Crippen LogP contribution >= 0.6 is 0 Å². The molecule has 0 amide bonds. The SMILES string of the molecule is C[C@@H](N)Cc1cc([N+](=O)[O-])[nH]n1. The third-order valence-electron chi connectivity index (χ3n) is 1.35. The van der Waals surface area contributed by atoms with Gasteiger partial charge in [0.1, 0.15) is 0 Å². The van der Waals surface area contributed by atoms with Gasteiger partial charge in [-0.15, -0.1) is 5.10 Å². The van der Waals surface area contributed by atoms with Crippen LogP contribution in [0, 0.1) is 10.1 Å². The van der Waals surface area contributed by atoms with Crippen LogP contribution in [0.2, 0.25) is 0 Å². The van der Waals surface area contributed by atoms with Crippen molar-refractivity contribution in [1.29, 1.82) is 0 Å². The molecule has 1 heterocycles. The second kappa shape index (κ2) is 3.31. The number of nitrogens with one attached hydrogen (secondary N) is 1. The van der Waals surface area contributed by atoms with E-state index in [2.05, 4.69) is 10.2 Å². The zero-order valence-corrected chi connectivity index (χ0v) is 6.65. The highest BCUT2D eigenvalue weighted by atomic mass is 16.6. The lowest BCUT2D eigenvalue weighted by Gasteiger charge is -1.97. The number of nitrogens with zero attached hydrogens (tertiary/aromatic N) is 2. The van der Waals surface area contributed by atoms with Gasteiger partial charge in [0.15, 0.2) is 0 Å². The zero-order valence-electron chi connectivity index (χ0n) is 6.65. The second-order valence-corrected chi connectivity index (χ2v) is 2.68. The predicted octanol–water partition coefficient (Wildman–Crippen LogP) is 0.208. The molecule has 0 radical (unpaired) electrons. The Kier molecular flexibility index (Phi) is 2.39. The van der Waals surface area contributed by atoms with Crippen molar-refractivity contribution in [2.45, 2.75) is 19.4 Å². The van der Waals surface area contributed by atoms with Gasteiger partial charge in [-0.2, -0.15) is 0 Å². The third-order valence-corrected chi connectivity index (χ3v) is 1.35. The highest BCUT2D eigenvalue weighted by Crippen LogP contribution is 2.08. The highest BCUT2D eigenvalue weighted by molar-refractivity contribution is 5.20. The molecule has 0 saturated carbocycles. The molecule has 66 valence electrons. The molecule has 0 saturated heterocycles. The summed E-state index contributed by atoms with van der Waals surface area (Å²) >= 11 is 0. The minimum absolute atomic E-state index is 0.0343. The standard InChI is InChI=1S/C6H10N4O2/c1-4(7)2-5-3-6(9-8-5)10(11)12/h3-4H,2,7H2,1H3,(H,8,9)/t4-/m1/s1. The molecule has 1 rings (SSSR count). The van der Waals surface area contributed by atoms with Crippen molar-refractivity contribution in [2.75, 3.05) is 0 Å². The minimum atomic E-state index is -0.516. The van der Waals surface area contributed by atoms with Crippen LogP contribution in [0.25, 0.3) is 0 Å². The van der Waals surface area contributed by atoms with Crippen LogP contribution in [0.5, 0.6) is 0 Å². The van der Waals surface area contributed by atoms with Crippen molar-refractivity contribution in [1.82, 2.24) is 10.2 Å². The Morgan fingerprint density at radius 1 is 1.92 bits per heavy atom. The van der Waals surface area contributed by atoms with Crippen LogP contribution in [-0.4, -0.2) is 21.2 Å². The molecule has 0 aliphatic carbocycles. The van der Waals surface area contributed by atoms with Gasteiger partial charge in [-0.25, -0.2) is 0 Å². The Hall–Kier alpha value is -1.43. The molecular weight excluding hydrogens is 160 g/mol. The molecule has 1 atom stereocenters. The van der Waals surface area contributed by atoms with Crippen molar-refractivity contribution < 1.29 is 4.92 Å². The quantitative estimate of drug-likeness (QED) is 0.500. The van der Waals surface area contributed by atoms with E-state index in [0.717, 1.165) is 0 Å². The Morgan fingerprint density at radius 2 is 2.58 bits per heavy atom. The number of hydrogen-bond donors (Lipinski definition) is 2. The summed E-state index contributed by atoms with van der Waals surface area (Å²) in [4.78, 5) is 9.69. The first-order valence-corrected chi connectivity index (χ1v) is 3.54. The molecule has 0 fully saturated rings. The zero-order chi connectivity index (χ0) is 9.14. The van der Waals surface area contributed by atoms with Gasteiger partial charge < -0.3 is 15.8 Å². The molecule has 0 aromatic carbocycles. The summed E-state index contributed by atoms with van der Waals surface area (Å²) in [5.41, 5.74) is 6.11. The molecule has 0 spiro atoms. The summed E-state index contributed by atoms with van der Waals surface area (Å²) in [5.74, 6) is -0.0920. The van der Waals surface area contributed by atoms with Crippen LogP contribution in [0.4, 0.5) is 5.82 Å². The maximum Gasteiger partial charge on any atom is 0.342 e. The van der Waals surface area contributed by atoms with Crippen molar-refractivity contribution in [3.8, 4) is 0 Å². The summed E-state index contributed by atoms with van der Waals surface area (Å²) in [7, 11) is 0. The van der Waals surface area contributed by atoms with E-state index >= 15 is 0 Å². The number of aromatic amines is 1. The summed E-state index contributed by atoms with van der Waals surface area (Å²) in [6.45, 7) is 1.82. The first-order chi connectivity index (χ1) is 5.59. The summed E-state index contributed by atoms with van der Waals surface area (Å²) < 4.78 is 0.